The van der Waals surface area contributed by atoms with Gasteiger partial charge in [-0.2, -0.15) is 0 Å². The van der Waals surface area contributed by atoms with E-state index in [-0.39, 0.29) is 18.4 Å². The van der Waals surface area contributed by atoms with E-state index in [1.54, 1.807) is 45.9 Å². The number of hydrogen-bond donors (Lipinski definition) is 0. The van der Waals surface area contributed by atoms with Crippen LogP contribution in [0.25, 0.3) is 0 Å². The molecule has 1 aromatic carbocycles. The maximum atomic E-state index is 15.8. The van der Waals surface area contributed by atoms with Crippen molar-refractivity contribution >= 4 is 47.6 Å². The predicted octanol–water partition coefficient (Wildman–Crippen LogP) is 4.01. The van der Waals surface area contributed by atoms with Crippen molar-refractivity contribution in [2.24, 2.45) is 35.0 Å². The van der Waals surface area contributed by atoms with Gasteiger partial charge in [-0.3, -0.25) is 33.6 Å². The molecule has 0 radical (unpaired) electrons. The molecule has 16 heteroatoms. The Bertz CT molecular complexity index is 1930. The Morgan fingerprint density at radius 1 is 0.763 bits per heavy atom. The predicted molar refractivity (Wildman–Crippen MR) is 201 cm³/mol. The quantitative estimate of drug-likeness (QED) is 0.228. The highest BCUT2D eigenvalue weighted by atomic mass is 16.6. The fourth-order valence-electron chi connectivity index (χ4n) is 11.3. The number of carbonyl (C=O) groups excluding carboxylic acids is 8. The zero-order chi connectivity index (χ0) is 43.6. The maximum Gasteiger partial charge on any atom is 0.338 e. The zero-order valence-corrected chi connectivity index (χ0v) is 35.2. The summed E-state index contributed by atoms with van der Waals surface area (Å²) in [7, 11) is 0. The topological polar surface area (TPSA) is 210 Å². The van der Waals surface area contributed by atoms with Crippen LogP contribution in [0.2, 0.25) is 0 Å². The number of fused-ring (bicyclic) bond motifs is 2. The van der Waals surface area contributed by atoms with Crippen molar-refractivity contribution in [1.29, 1.82) is 0 Å². The van der Waals surface area contributed by atoms with Crippen molar-refractivity contribution < 1.29 is 76.3 Å². The van der Waals surface area contributed by atoms with E-state index in [2.05, 4.69) is 0 Å². The Morgan fingerprint density at radius 2 is 1.39 bits per heavy atom. The molecule has 0 aromatic heterocycles. The average Bonchev–Trinajstić information content (AvgIpc) is 3.56. The molecule has 322 valence electrons. The lowest BCUT2D eigenvalue weighted by atomic mass is 9.42. The smallest absolute Gasteiger partial charge is 0.338 e. The number of carbonyl (C=O) groups is 8. The van der Waals surface area contributed by atoms with Gasteiger partial charge in [0.15, 0.2) is 35.3 Å². The third-order valence-corrected chi connectivity index (χ3v) is 13.4. The van der Waals surface area contributed by atoms with E-state index in [4.69, 9.17) is 37.9 Å². The number of ether oxygens (including phenoxy) is 8. The normalized spacial score (nSPS) is 39.3. The van der Waals surface area contributed by atoms with Gasteiger partial charge in [-0.25, -0.2) is 4.79 Å². The molecule has 4 saturated carbocycles. The molecule has 1 heterocycles. The van der Waals surface area contributed by atoms with Gasteiger partial charge in [-0.15, -0.1) is 0 Å². The van der Waals surface area contributed by atoms with Crippen molar-refractivity contribution in [2.75, 3.05) is 6.61 Å². The molecular weight excluding hydrogens is 772 g/mol. The first-order valence-corrected chi connectivity index (χ1v) is 20.1. The first kappa shape index (κ1) is 43.7. The van der Waals surface area contributed by atoms with Crippen molar-refractivity contribution in [3.63, 3.8) is 0 Å². The summed E-state index contributed by atoms with van der Waals surface area (Å²) >= 11 is 0. The SMILES string of the molecule is CCC(=O)O[C@@H]1[C@@H]2[C@@H](OC(C)=O)[C@@]34CO[C@@](C)([C@H](OC(C)=O)[C@@]2(OC(C)=O)C[C@]1(C)OC(=O)c1ccccc1)[C@@H]3[C@@H]1[C@@H](C[C@]1(C)OC(C)=O)[C@@H](OC(=O)C(C)CC)C4=O. The number of esters is 7. The van der Waals surface area contributed by atoms with Crippen LogP contribution in [-0.4, -0.2) is 101 Å². The largest absolute Gasteiger partial charge is 0.461 e. The summed E-state index contributed by atoms with van der Waals surface area (Å²) in [4.78, 5) is 110. The lowest BCUT2D eigenvalue weighted by Gasteiger charge is -2.64. The monoisotopic (exact) mass is 826 g/mol. The molecule has 0 amide bonds. The number of rotatable bonds is 11. The van der Waals surface area contributed by atoms with Gasteiger partial charge >= 0.3 is 41.8 Å². The Balaban J connectivity index is 1.70. The van der Waals surface area contributed by atoms with E-state index in [9.17, 15) is 33.6 Å². The third-order valence-electron chi connectivity index (χ3n) is 13.4. The Hall–Kier alpha value is -4.86. The van der Waals surface area contributed by atoms with Crippen molar-refractivity contribution in [1.82, 2.24) is 0 Å². The van der Waals surface area contributed by atoms with Gasteiger partial charge in [-0.05, 0) is 45.7 Å². The van der Waals surface area contributed by atoms with E-state index < -0.39 is 142 Å². The Labute approximate surface area is 342 Å². The van der Waals surface area contributed by atoms with Crippen LogP contribution in [0.4, 0.5) is 0 Å². The van der Waals surface area contributed by atoms with E-state index >= 15 is 4.79 Å². The fraction of sp³-hybridized carbons (Fsp3) is 0.674. The van der Waals surface area contributed by atoms with Crippen LogP contribution in [0.5, 0.6) is 0 Å². The summed E-state index contributed by atoms with van der Waals surface area (Å²) in [6.07, 6.45) is -6.77. The molecule has 2 bridgehead atoms. The molecule has 4 aliphatic carbocycles. The van der Waals surface area contributed by atoms with Crippen molar-refractivity contribution in [2.45, 2.75) is 142 Å². The highest BCUT2D eigenvalue weighted by Crippen LogP contribution is 2.73. The number of Topliss-reactive ketones (excluding diaryl/α,β-unsaturated/α-hetero) is 1. The van der Waals surface area contributed by atoms with Gasteiger partial charge in [0.25, 0.3) is 0 Å². The summed E-state index contributed by atoms with van der Waals surface area (Å²) < 4.78 is 50.3. The van der Waals surface area contributed by atoms with Crippen molar-refractivity contribution in [3.05, 3.63) is 35.9 Å². The van der Waals surface area contributed by atoms with Gasteiger partial charge in [0, 0.05) is 58.3 Å². The van der Waals surface area contributed by atoms with Gasteiger partial charge in [0.05, 0.1) is 29.4 Å². The minimum absolute atomic E-state index is 0.0866. The summed E-state index contributed by atoms with van der Waals surface area (Å²) in [5.41, 5.74) is -9.23. The van der Waals surface area contributed by atoms with Gasteiger partial charge in [0.2, 0.25) is 0 Å². The molecule has 14 atom stereocenters. The highest BCUT2D eigenvalue weighted by molar-refractivity contribution is 5.95. The molecule has 16 nitrogen and oxygen atoms in total. The standard InChI is InChI=1S/C43H54O16/c1-11-21(3)36(50)56-31-27-18-39(8,57-24(6)46)29(27)32-41(10)38(54-23(5)45)43(58-25(7)47)19-40(9,59-37(51)26-16-14-13-15-17-26)34(55-28(48)12-2)30(43)35(53-22(4)44)42(32,20-52-41)33(31)49/h13-17,21,27,29-32,34-35,38H,11-12,18-20H2,1-10H3/t21?,27-,29+,30-,31-,32+,34-,35-,38+,39+,40+,41-,42+,43-/m1/s1. The average molecular weight is 827 g/mol. The number of benzene rings is 1. The molecule has 5 fully saturated rings. The molecule has 59 heavy (non-hydrogen) atoms. The van der Waals surface area contributed by atoms with E-state index in [0.717, 1.165) is 20.8 Å². The fourth-order valence-corrected chi connectivity index (χ4v) is 11.3. The van der Waals surface area contributed by atoms with Crippen LogP contribution in [-0.2, 0) is 71.5 Å². The first-order valence-electron chi connectivity index (χ1n) is 20.1. The van der Waals surface area contributed by atoms with Gasteiger partial charge in [0.1, 0.15) is 17.3 Å². The highest BCUT2D eigenvalue weighted by Gasteiger charge is 2.88. The molecule has 5 aliphatic rings. The van der Waals surface area contributed by atoms with Crippen LogP contribution in [0.3, 0.4) is 0 Å². The molecule has 0 N–H and O–H groups in total. The van der Waals surface area contributed by atoms with E-state index in [0.29, 0.717) is 6.42 Å². The number of ketones is 1. The lowest BCUT2D eigenvalue weighted by molar-refractivity contribution is -0.262. The lowest BCUT2D eigenvalue weighted by Crippen LogP contribution is -2.75. The second-order valence-electron chi connectivity index (χ2n) is 17.4. The van der Waals surface area contributed by atoms with E-state index in [1.807, 2.05) is 0 Å². The summed E-state index contributed by atoms with van der Waals surface area (Å²) in [5, 5.41) is 0. The zero-order valence-electron chi connectivity index (χ0n) is 35.2. The Kier molecular flexibility index (Phi) is 11.3. The second kappa shape index (κ2) is 15.3. The van der Waals surface area contributed by atoms with Crippen molar-refractivity contribution in [3.8, 4) is 0 Å². The minimum Gasteiger partial charge on any atom is -0.461 e. The van der Waals surface area contributed by atoms with Crippen LogP contribution in [0, 0.1) is 35.0 Å². The van der Waals surface area contributed by atoms with Gasteiger partial charge in [-0.1, -0.05) is 39.0 Å². The molecule has 1 saturated heterocycles. The molecule has 6 rings (SSSR count). The van der Waals surface area contributed by atoms with Crippen LogP contribution in [0.15, 0.2) is 30.3 Å². The molecule has 1 unspecified atom stereocenters. The molecule has 1 aromatic rings. The second-order valence-corrected chi connectivity index (χ2v) is 17.4. The van der Waals surface area contributed by atoms with Crippen LogP contribution in [0.1, 0.15) is 105 Å². The van der Waals surface area contributed by atoms with Crippen LogP contribution >= 0.6 is 0 Å². The first-order chi connectivity index (χ1) is 27.5. The summed E-state index contributed by atoms with van der Waals surface area (Å²) in [6, 6.07) is 7.94. The molecular formula is C43H54O16. The minimum atomic E-state index is -2.22. The van der Waals surface area contributed by atoms with E-state index in [1.165, 1.54) is 32.9 Å². The summed E-state index contributed by atoms with van der Waals surface area (Å²) in [6.45, 7) is 13.7. The molecule has 1 aliphatic heterocycles. The molecule has 0 spiro atoms. The van der Waals surface area contributed by atoms with Crippen LogP contribution < -0.4 is 0 Å². The Morgan fingerprint density at radius 3 is 1.95 bits per heavy atom. The maximum absolute atomic E-state index is 15.8. The third kappa shape index (κ3) is 6.88. The number of hydrogen-bond acceptors (Lipinski definition) is 16. The summed E-state index contributed by atoms with van der Waals surface area (Å²) in [5.74, 6) is -11.3. The van der Waals surface area contributed by atoms with Gasteiger partial charge < -0.3 is 37.9 Å².